The molecule has 18 heavy (non-hydrogen) atoms. The fraction of sp³-hybridized carbons (Fsp3) is 0.467. The highest BCUT2D eigenvalue weighted by Gasteiger charge is 2.10. The van der Waals surface area contributed by atoms with Crippen LogP contribution in [0.25, 0.3) is 0 Å². The van der Waals surface area contributed by atoms with Crippen LogP contribution in [0.5, 0.6) is 0 Å². The molecule has 0 aliphatic rings. The highest BCUT2D eigenvalue weighted by Crippen LogP contribution is 2.12. The number of benzene rings is 1. The van der Waals surface area contributed by atoms with Crippen molar-refractivity contribution in [1.82, 2.24) is 14.8 Å². The fourth-order valence-electron chi connectivity index (χ4n) is 1.99. The third-order valence-corrected chi connectivity index (χ3v) is 3.26. The summed E-state index contributed by atoms with van der Waals surface area (Å²) in [6, 6.07) is 10.4. The molecule has 0 bridgehead atoms. The molecule has 0 N–H and O–H groups in total. The van der Waals surface area contributed by atoms with Gasteiger partial charge in [0, 0.05) is 6.42 Å². The number of hydrogen-bond acceptors (Lipinski definition) is 2. The van der Waals surface area contributed by atoms with E-state index in [-0.39, 0.29) is 0 Å². The SMILES string of the molecule is CCC(C)Cc1nc(C)nn1Cc1ccccc1. The van der Waals surface area contributed by atoms with E-state index < -0.39 is 0 Å². The van der Waals surface area contributed by atoms with Crippen LogP contribution < -0.4 is 0 Å². The molecule has 0 saturated heterocycles. The van der Waals surface area contributed by atoms with E-state index in [1.54, 1.807) is 0 Å². The van der Waals surface area contributed by atoms with Gasteiger partial charge in [-0.15, -0.1) is 0 Å². The minimum atomic E-state index is 0.656. The second-order valence-corrected chi connectivity index (χ2v) is 4.94. The molecule has 2 aromatic rings. The first-order valence-corrected chi connectivity index (χ1v) is 6.63. The van der Waals surface area contributed by atoms with Crippen LogP contribution in [0.2, 0.25) is 0 Å². The van der Waals surface area contributed by atoms with E-state index in [1.807, 2.05) is 17.7 Å². The number of nitrogens with zero attached hydrogens (tertiary/aromatic N) is 3. The molecular weight excluding hydrogens is 222 g/mol. The summed E-state index contributed by atoms with van der Waals surface area (Å²) in [6.45, 7) is 7.25. The summed E-state index contributed by atoms with van der Waals surface area (Å²) < 4.78 is 2.04. The third-order valence-electron chi connectivity index (χ3n) is 3.26. The highest BCUT2D eigenvalue weighted by molar-refractivity contribution is 5.15. The van der Waals surface area contributed by atoms with Crippen molar-refractivity contribution in [2.24, 2.45) is 5.92 Å². The van der Waals surface area contributed by atoms with Gasteiger partial charge in [0.1, 0.15) is 11.6 Å². The first kappa shape index (κ1) is 12.8. The van der Waals surface area contributed by atoms with Crippen LogP contribution in [-0.4, -0.2) is 14.8 Å². The van der Waals surface area contributed by atoms with E-state index in [1.165, 1.54) is 12.0 Å². The van der Waals surface area contributed by atoms with Crippen molar-refractivity contribution in [3.05, 3.63) is 47.5 Å². The van der Waals surface area contributed by atoms with Crippen LogP contribution in [0, 0.1) is 12.8 Å². The Bertz CT molecular complexity index is 488. The highest BCUT2D eigenvalue weighted by atomic mass is 15.3. The Hall–Kier alpha value is -1.64. The van der Waals surface area contributed by atoms with Crippen molar-refractivity contribution >= 4 is 0 Å². The average Bonchev–Trinajstić information content (AvgIpc) is 2.70. The number of hydrogen-bond donors (Lipinski definition) is 0. The summed E-state index contributed by atoms with van der Waals surface area (Å²) in [5, 5.41) is 4.50. The minimum absolute atomic E-state index is 0.656. The number of aryl methyl sites for hydroxylation is 1. The third kappa shape index (κ3) is 3.19. The van der Waals surface area contributed by atoms with Gasteiger partial charge in [-0.1, -0.05) is 50.6 Å². The molecule has 1 unspecified atom stereocenters. The molecule has 1 aromatic carbocycles. The first-order chi connectivity index (χ1) is 8.69. The minimum Gasteiger partial charge on any atom is -0.245 e. The van der Waals surface area contributed by atoms with Crippen LogP contribution >= 0.6 is 0 Å². The molecule has 1 atom stereocenters. The molecule has 0 fully saturated rings. The van der Waals surface area contributed by atoms with Crippen molar-refractivity contribution in [3.8, 4) is 0 Å². The van der Waals surface area contributed by atoms with Gasteiger partial charge in [0.2, 0.25) is 0 Å². The predicted octanol–water partition coefficient (Wildman–Crippen LogP) is 3.22. The molecule has 0 radical (unpaired) electrons. The molecule has 3 nitrogen and oxygen atoms in total. The summed E-state index contributed by atoms with van der Waals surface area (Å²) in [6.07, 6.45) is 2.18. The van der Waals surface area contributed by atoms with Crippen LogP contribution in [0.3, 0.4) is 0 Å². The van der Waals surface area contributed by atoms with Gasteiger partial charge >= 0.3 is 0 Å². The Kier molecular flexibility index (Phi) is 4.13. The Morgan fingerprint density at radius 3 is 2.61 bits per heavy atom. The van der Waals surface area contributed by atoms with Gasteiger partial charge in [0.15, 0.2) is 0 Å². The largest absolute Gasteiger partial charge is 0.245 e. The van der Waals surface area contributed by atoms with E-state index in [2.05, 4.69) is 48.2 Å². The Morgan fingerprint density at radius 1 is 1.22 bits per heavy atom. The van der Waals surface area contributed by atoms with E-state index >= 15 is 0 Å². The Labute approximate surface area is 109 Å². The zero-order valence-electron chi connectivity index (χ0n) is 11.4. The van der Waals surface area contributed by atoms with E-state index in [4.69, 9.17) is 0 Å². The standard InChI is InChI=1S/C15H21N3/c1-4-12(2)10-15-16-13(3)17-18(15)11-14-8-6-5-7-9-14/h5-9,12H,4,10-11H2,1-3H3. The van der Waals surface area contributed by atoms with Gasteiger partial charge < -0.3 is 0 Å². The summed E-state index contributed by atoms with van der Waals surface area (Å²) >= 11 is 0. The maximum absolute atomic E-state index is 4.55. The molecule has 96 valence electrons. The lowest BCUT2D eigenvalue weighted by molar-refractivity contribution is 0.514. The van der Waals surface area contributed by atoms with Gasteiger partial charge in [0.05, 0.1) is 6.54 Å². The maximum Gasteiger partial charge on any atom is 0.147 e. The lowest BCUT2D eigenvalue weighted by atomic mass is 10.1. The molecule has 0 aliphatic carbocycles. The van der Waals surface area contributed by atoms with Crippen molar-refractivity contribution in [2.45, 2.75) is 40.2 Å². The van der Waals surface area contributed by atoms with Crippen LogP contribution in [0.15, 0.2) is 30.3 Å². The zero-order chi connectivity index (χ0) is 13.0. The van der Waals surface area contributed by atoms with E-state index in [0.29, 0.717) is 5.92 Å². The average molecular weight is 243 g/mol. The van der Waals surface area contributed by atoms with Crippen LogP contribution in [0.1, 0.15) is 37.5 Å². The summed E-state index contributed by atoms with van der Waals surface area (Å²) in [5.74, 6) is 2.62. The summed E-state index contributed by atoms with van der Waals surface area (Å²) in [7, 11) is 0. The molecule has 1 heterocycles. The van der Waals surface area contributed by atoms with Crippen LogP contribution in [-0.2, 0) is 13.0 Å². The molecule has 0 spiro atoms. The molecule has 0 aliphatic heterocycles. The topological polar surface area (TPSA) is 30.7 Å². The molecular formula is C15H21N3. The molecule has 3 heteroatoms. The second kappa shape index (κ2) is 5.80. The van der Waals surface area contributed by atoms with Crippen molar-refractivity contribution in [1.29, 1.82) is 0 Å². The van der Waals surface area contributed by atoms with Gasteiger partial charge in [-0.25, -0.2) is 9.67 Å². The molecule has 1 aromatic heterocycles. The molecule has 2 rings (SSSR count). The fourth-order valence-corrected chi connectivity index (χ4v) is 1.99. The lowest BCUT2D eigenvalue weighted by Crippen LogP contribution is -2.10. The predicted molar refractivity (Wildman–Crippen MR) is 73.5 cm³/mol. The quantitative estimate of drug-likeness (QED) is 0.807. The normalized spacial score (nSPS) is 12.6. The van der Waals surface area contributed by atoms with Crippen molar-refractivity contribution in [2.75, 3.05) is 0 Å². The van der Waals surface area contributed by atoms with Gasteiger partial charge in [0.25, 0.3) is 0 Å². The molecule has 0 saturated carbocycles. The van der Waals surface area contributed by atoms with E-state index in [9.17, 15) is 0 Å². The van der Waals surface area contributed by atoms with Gasteiger partial charge in [-0.2, -0.15) is 5.10 Å². The summed E-state index contributed by atoms with van der Waals surface area (Å²) in [5.41, 5.74) is 1.27. The first-order valence-electron chi connectivity index (χ1n) is 6.63. The number of rotatable bonds is 5. The summed E-state index contributed by atoms with van der Waals surface area (Å²) in [4.78, 5) is 4.55. The monoisotopic (exact) mass is 243 g/mol. The molecule has 0 amide bonds. The smallest absolute Gasteiger partial charge is 0.147 e. The van der Waals surface area contributed by atoms with E-state index in [0.717, 1.165) is 24.6 Å². The lowest BCUT2D eigenvalue weighted by Gasteiger charge is -2.09. The van der Waals surface area contributed by atoms with Crippen molar-refractivity contribution in [3.63, 3.8) is 0 Å². The van der Waals surface area contributed by atoms with Crippen LogP contribution in [0.4, 0.5) is 0 Å². The maximum atomic E-state index is 4.55. The second-order valence-electron chi connectivity index (χ2n) is 4.94. The van der Waals surface area contributed by atoms with Gasteiger partial charge in [-0.3, -0.25) is 0 Å². The Morgan fingerprint density at radius 2 is 1.94 bits per heavy atom. The van der Waals surface area contributed by atoms with Gasteiger partial charge in [-0.05, 0) is 18.4 Å². The van der Waals surface area contributed by atoms with Crippen molar-refractivity contribution < 1.29 is 0 Å². The number of aromatic nitrogens is 3. The Balaban J connectivity index is 2.17. The zero-order valence-corrected chi connectivity index (χ0v) is 11.4.